The third kappa shape index (κ3) is 3.66. The summed E-state index contributed by atoms with van der Waals surface area (Å²) in [6, 6.07) is 6.37. The minimum absolute atomic E-state index is 0.0473. The van der Waals surface area contributed by atoms with Crippen LogP contribution in [0.15, 0.2) is 46.7 Å². The number of aliphatic imine (C=N–C) groups is 1. The Morgan fingerprint density at radius 2 is 2.29 bits per heavy atom. The summed E-state index contributed by atoms with van der Waals surface area (Å²) in [6.07, 6.45) is 2.74. The summed E-state index contributed by atoms with van der Waals surface area (Å²) in [5.41, 5.74) is 0.141. The summed E-state index contributed by atoms with van der Waals surface area (Å²) in [7, 11) is 1.28. The van der Waals surface area contributed by atoms with Gasteiger partial charge in [0, 0.05) is 12.8 Å². The lowest BCUT2D eigenvalue weighted by molar-refractivity contribution is 0.0601. The van der Waals surface area contributed by atoms with Crippen molar-refractivity contribution < 1.29 is 14.6 Å². The standard InChI is InChI=1S/C16H15N3O4S/c1-3-7-19-14(21)12(13(20)18-16(19)24)9-17-11-6-4-5-10(8-11)15(22)23-2/h3-6,8-9,21H,1,7H2,2H3,(H,18,20,24). The van der Waals surface area contributed by atoms with Gasteiger partial charge in [-0.1, -0.05) is 12.1 Å². The first-order valence-corrected chi connectivity index (χ1v) is 7.28. The van der Waals surface area contributed by atoms with Crippen LogP contribution in [0.25, 0.3) is 0 Å². The highest BCUT2D eigenvalue weighted by Crippen LogP contribution is 2.17. The van der Waals surface area contributed by atoms with Crippen LogP contribution in [0.4, 0.5) is 5.69 Å². The summed E-state index contributed by atoms with van der Waals surface area (Å²) in [6.45, 7) is 3.81. The van der Waals surface area contributed by atoms with Crippen molar-refractivity contribution in [1.29, 1.82) is 0 Å². The minimum atomic E-state index is -0.564. The lowest BCUT2D eigenvalue weighted by Crippen LogP contribution is -2.18. The molecule has 2 rings (SSSR count). The number of aromatic nitrogens is 2. The number of aromatic hydroxyl groups is 1. The molecule has 1 aromatic heterocycles. The van der Waals surface area contributed by atoms with Crippen LogP contribution in [0.3, 0.4) is 0 Å². The van der Waals surface area contributed by atoms with E-state index in [1.807, 2.05) is 0 Å². The molecule has 2 aromatic rings. The topological polar surface area (TPSA) is 96.7 Å². The van der Waals surface area contributed by atoms with E-state index < -0.39 is 11.5 Å². The van der Waals surface area contributed by atoms with Gasteiger partial charge in [0.05, 0.1) is 18.4 Å². The van der Waals surface area contributed by atoms with Gasteiger partial charge in [-0.15, -0.1) is 6.58 Å². The average molecular weight is 345 g/mol. The van der Waals surface area contributed by atoms with Crippen LogP contribution in [0.1, 0.15) is 15.9 Å². The number of carbonyl (C=O) groups excluding carboxylic acids is 1. The minimum Gasteiger partial charge on any atom is -0.494 e. The van der Waals surface area contributed by atoms with Gasteiger partial charge in [-0.3, -0.25) is 19.3 Å². The number of methoxy groups -OCH3 is 1. The predicted molar refractivity (Wildman–Crippen MR) is 92.8 cm³/mol. The van der Waals surface area contributed by atoms with Crippen molar-refractivity contribution in [3.63, 3.8) is 0 Å². The molecule has 0 fully saturated rings. The van der Waals surface area contributed by atoms with Gasteiger partial charge in [-0.2, -0.15) is 0 Å². The van der Waals surface area contributed by atoms with Gasteiger partial charge in [0.25, 0.3) is 5.56 Å². The van der Waals surface area contributed by atoms with Gasteiger partial charge < -0.3 is 9.84 Å². The van der Waals surface area contributed by atoms with Gasteiger partial charge >= 0.3 is 5.97 Å². The van der Waals surface area contributed by atoms with Crippen LogP contribution in [0.2, 0.25) is 0 Å². The van der Waals surface area contributed by atoms with Gasteiger partial charge in [0.15, 0.2) is 4.77 Å². The van der Waals surface area contributed by atoms with E-state index in [1.165, 1.54) is 30.0 Å². The number of hydrogen-bond acceptors (Lipinski definition) is 6. The molecule has 0 aliphatic rings. The van der Waals surface area contributed by atoms with Crippen LogP contribution in [-0.4, -0.2) is 34.0 Å². The molecule has 0 aliphatic heterocycles. The molecule has 0 saturated heterocycles. The van der Waals surface area contributed by atoms with E-state index >= 15 is 0 Å². The Hall–Kier alpha value is -3.00. The second-order valence-electron chi connectivity index (χ2n) is 4.70. The van der Waals surface area contributed by atoms with Crippen LogP contribution >= 0.6 is 12.2 Å². The summed E-state index contributed by atoms with van der Waals surface area (Å²) in [5, 5.41) is 10.2. The van der Waals surface area contributed by atoms with Gasteiger partial charge in [-0.25, -0.2) is 4.79 Å². The Kier molecular flexibility index (Phi) is 5.43. The fourth-order valence-corrected chi connectivity index (χ4v) is 2.21. The monoisotopic (exact) mass is 345 g/mol. The van der Waals surface area contributed by atoms with Crippen molar-refractivity contribution in [2.75, 3.05) is 7.11 Å². The molecule has 0 unspecified atom stereocenters. The zero-order valence-corrected chi connectivity index (χ0v) is 13.7. The third-order valence-electron chi connectivity index (χ3n) is 3.13. The van der Waals surface area contributed by atoms with Crippen molar-refractivity contribution in [3.8, 4) is 5.88 Å². The van der Waals surface area contributed by atoms with Crippen LogP contribution in [0, 0.1) is 4.77 Å². The number of ether oxygens (including phenoxy) is 1. The first kappa shape index (κ1) is 17.4. The van der Waals surface area contributed by atoms with Crippen molar-refractivity contribution >= 4 is 30.1 Å². The lowest BCUT2D eigenvalue weighted by atomic mass is 10.2. The Bertz CT molecular complexity index is 928. The third-order valence-corrected chi connectivity index (χ3v) is 3.45. The molecule has 0 amide bonds. The molecule has 0 aliphatic carbocycles. The Morgan fingerprint density at radius 1 is 1.54 bits per heavy atom. The number of carbonyl (C=O) groups is 1. The number of esters is 1. The second kappa shape index (κ2) is 7.51. The zero-order chi connectivity index (χ0) is 17.7. The van der Waals surface area contributed by atoms with Crippen LogP contribution in [0.5, 0.6) is 5.88 Å². The summed E-state index contributed by atoms with van der Waals surface area (Å²) >= 11 is 4.99. The second-order valence-corrected chi connectivity index (χ2v) is 5.08. The molecule has 2 N–H and O–H groups in total. The Morgan fingerprint density at radius 3 is 2.96 bits per heavy atom. The molecule has 0 radical (unpaired) electrons. The van der Waals surface area contributed by atoms with Crippen molar-refractivity contribution in [2.45, 2.75) is 6.54 Å². The van der Waals surface area contributed by atoms with E-state index in [-0.39, 0.29) is 22.8 Å². The number of benzene rings is 1. The van der Waals surface area contributed by atoms with Gasteiger partial charge in [0.1, 0.15) is 5.56 Å². The number of H-pyrrole nitrogens is 1. The fourth-order valence-electron chi connectivity index (χ4n) is 1.96. The van der Waals surface area contributed by atoms with E-state index in [2.05, 4.69) is 21.3 Å². The first-order valence-electron chi connectivity index (χ1n) is 6.87. The van der Waals surface area contributed by atoms with Gasteiger partial charge in [0.2, 0.25) is 5.88 Å². The molecular weight excluding hydrogens is 330 g/mol. The van der Waals surface area contributed by atoms with E-state index in [0.29, 0.717) is 11.3 Å². The zero-order valence-electron chi connectivity index (χ0n) is 12.9. The smallest absolute Gasteiger partial charge is 0.337 e. The number of nitrogens with zero attached hydrogens (tertiary/aromatic N) is 2. The largest absolute Gasteiger partial charge is 0.494 e. The molecule has 8 heteroatoms. The van der Waals surface area contributed by atoms with Crippen molar-refractivity contribution in [3.05, 3.63) is 63.2 Å². The maximum absolute atomic E-state index is 12.0. The highest BCUT2D eigenvalue weighted by Gasteiger charge is 2.10. The van der Waals surface area contributed by atoms with E-state index in [0.717, 1.165) is 0 Å². The van der Waals surface area contributed by atoms with Gasteiger partial charge in [-0.05, 0) is 30.4 Å². The highest BCUT2D eigenvalue weighted by molar-refractivity contribution is 7.71. The lowest BCUT2D eigenvalue weighted by Gasteiger charge is -2.08. The number of aromatic amines is 1. The Balaban J connectivity index is 2.44. The maximum Gasteiger partial charge on any atom is 0.337 e. The average Bonchev–Trinajstić information content (AvgIpc) is 2.57. The summed E-state index contributed by atoms with van der Waals surface area (Å²) in [4.78, 5) is 30.1. The first-order chi connectivity index (χ1) is 11.5. The molecule has 24 heavy (non-hydrogen) atoms. The molecular formula is C16H15N3O4S. The fraction of sp³-hybridized carbons (Fsp3) is 0.125. The number of hydrogen-bond donors (Lipinski definition) is 2. The van der Waals surface area contributed by atoms with Crippen LogP contribution < -0.4 is 5.56 Å². The molecule has 0 atom stereocenters. The normalized spacial score (nSPS) is 10.7. The predicted octanol–water partition coefficient (Wildman–Crippen LogP) is 2.33. The molecule has 1 aromatic carbocycles. The molecule has 0 saturated carbocycles. The summed E-state index contributed by atoms with van der Waals surface area (Å²) in [5.74, 6) is -0.802. The molecule has 7 nitrogen and oxygen atoms in total. The number of nitrogens with one attached hydrogen (secondary N) is 1. The number of rotatable bonds is 5. The molecule has 0 bridgehead atoms. The molecule has 1 heterocycles. The quantitative estimate of drug-likeness (QED) is 0.375. The summed E-state index contributed by atoms with van der Waals surface area (Å²) < 4.78 is 6.04. The highest BCUT2D eigenvalue weighted by atomic mass is 32.1. The van der Waals surface area contributed by atoms with Crippen LogP contribution in [-0.2, 0) is 11.3 Å². The van der Waals surface area contributed by atoms with E-state index in [4.69, 9.17) is 12.2 Å². The molecule has 124 valence electrons. The van der Waals surface area contributed by atoms with E-state index in [1.54, 1.807) is 18.2 Å². The molecule has 0 spiro atoms. The van der Waals surface area contributed by atoms with Crippen molar-refractivity contribution in [2.24, 2.45) is 4.99 Å². The maximum atomic E-state index is 12.0. The van der Waals surface area contributed by atoms with Crippen molar-refractivity contribution in [1.82, 2.24) is 9.55 Å². The SMILES string of the molecule is C=CCn1c(O)c(C=Nc2cccc(C(=O)OC)c2)c(=O)[nH]c1=S. The number of allylic oxidation sites excluding steroid dienone is 1. The van der Waals surface area contributed by atoms with E-state index in [9.17, 15) is 14.7 Å². The Labute approximate surface area is 142 Å².